The molecule has 0 fully saturated rings. The summed E-state index contributed by atoms with van der Waals surface area (Å²) in [5.41, 5.74) is 2.05. The molecule has 0 aromatic heterocycles. The fraction of sp³-hybridized carbons (Fsp3) is 0.500. The molecule has 0 spiro atoms. The van der Waals surface area contributed by atoms with Gasteiger partial charge in [0.2, 0.25) is 20.0 Å². The lowest BCUT2D eigenvalue weighted by Crippen LogP contribution is -2.50. The van der Waals surface area contributed by atoms with Crippen molar-refractivity contribution in [3.8, 4) is 11.5 Å². The summed E-state index contributed by atoms with van der Waals surface area (Å²) in [6, 6.07) is 10.7. The minimum atomic E-state index is -3.98. The van der Waals surface area contributed by atoms with Gasteiger partial charge in [-0.05, 0) is 68.0 Å². The number of nitrogens with zero attached hydrogens (tertiary/aromatic N) is 2. The van der Waals surface area contributed by atoms with Gasteiger partial charge >= 0.3 is 0 Å². The van der Waals surface area contributed by atoms with Gasteiger partial charge in [0.25, 0.3) is 0 Å². The van der Waals surface area contributed by atoms with Crippen LogP contribution >= 0.6 is 0 Å². The fourth-order valence-electron chi connectivity index (χ4n) is 5.04. The van der Waals surface area contributed by atoms with Crippen LogP contribution in [0, 0.1) is 5.92 Å². The van der Waals surface area contributed by atoms with Crippen molar-refractivity contribution >= 4 is 25.6 Å². The first-order valence-electron chi connectivity index (χ1n) is 13.2. The van der Waals surface area contributed by atoms with Crippen LogP contribution in [0.3, 0.4) is 0 Å². The maximum atomic E-state index is 13.7. The van der Waals surface area contributed by atoms with E-state index in [0.29, 0.717) is 5.75 Å². The van der Waals surface area contributed by atoms with Crippen molar-refractivity contribution in [3.63, 3.8) is 0 Å². The van der Waals surface area contributed by atoms with E-state index < -0.39 is 32.2 Å². The third-order valence-corrected chi connectivity index (χ3v) is 11.4. The molecule has 2 aromatic carbocycles. The fourth-order valence-corrected chi connectivity index (χ4v) is 8.08. The van der Waals surface area contributed by atoms with Crippen LogP contribution in [-0.2, 0) is 20.0 Å². The molecule has 2 aromatic rings. The number of rotatable bonds is 8. The number of hydrogen-bond donors (Lipinski definition) is 1. The van der Waals surface area contributed by atoms with Crippen LogP contribution in [0.2, 0.25) is 0 Å². The highest BCUT2D eigenvalue weighted by Gasteiger charge is 2.39. The highest BCUT2D eigenvalue weighted by atomic mass is 32.2. The van der Waals surface area contributed by atoms with E-state index in [-0.39, 0.29) is 41.2 Å². The van der Waals surface area contributed by atoms with E-state index >= 15 is 0 Å². The molecule has 214 valence electrons. The van der Waals surface area contributed by atoms with E-state index in [9.17, 15) is 21.9 Å². The van der Waals surface area contributed by atoms with Crippen molar-refractivity contribution in [2.45, 2.75) is 61.5 Å². The van der Waals surface area contributed by atoms with Crippen molar-refractivity contribution in [1.29, 1.82) is 0 Å². The Balaban J connectivity index is 1.74. The summed E-state index contributed by atoms with van der Waals surface area (Å²) in [6.45, 7) is 3.20. The van der Waals surface area contributed by atoms with E-state index in [1.165, 1.54) is 34.9 Å². The largest absolute Gasteiger partial charge is 0.497 e. The molecule has 1 N–H and O–H groups in total. The highest BCUT2D eigenvalue weighted by molar-refractivity contribution is 7.89. The molecular weight excluding hydrogens is 540 g/mol. The molecule has 0 radical (unpaired) electrons. The van der Waals surface area contributed by atoms with Crippen LogP contribution in [0.25, 0.3) is 5.57 Å². The summed E-state index contributed by atoms with van der Waals surface area (Å²) in [7, 11) is -4.91. The third-order valence-electron chi connectivity index (χ3n) is 7.52. The second kappa shape index (κ2) is 12.0. The number of likely N-dealkylation sites (N-methyl/N-ethyl adjacent to an activating group) is 1. The van der Waals surface area contributed by atoms with Crippen molar-refractivity contribution in [1.82, 2.24) is 8.61 Å². The van der Waals surface area contributed by atoms with E-state index in [0.717, 1.165) is 36.8 Å². The first-order valence-corrected chi connectivity index (χ1v) is 16.1. The summed E-state index contributed by atoms with van der Waals surface area (Å²) >= 11 is 0. The van der Waals surface area contributed by atoms with Gasteiger partial charge in [0.1, 0.15) is 22.5 Å². The summed E-state index contributed by atoms with van der Waals surface area (Å²) in [6.07, 6.45) is 5.59. The molecule has 11 heteroatoms. The Bertz CT molecular complexity index is 1420. The molecular formula is C28H38N2O7S2. The molecule has 9 nitrogen and oxygen atoms in total. The lowest BCUT2D eigenvalue weighted by molar-refractivity contribution is 0.0904. The summed E-state index contributed by atoms with van der Waals surface area (Å²) in [5.74, 6) is 0.234. The summed E-state index contributed by atoms with van der Waals surface area (Å²) in [4.78, 5) is 0.103. The average Bonchev–Trinajstić information content (AvgIpc) is 2.94. The molecule has 0 saturated carbocycles. The van der Waals surface area contributed by atoms with Gasteiger partial charge in [-0.25, -0.2) is 16.8 Å². The molecule has 39 heavy (non-hydrogen) atoms. The van der Waals surface area contributed by atoms with Crippen LogP contribution in [-0.4, -0.2) is 76.6 Å². The van der Waals surface area contributed by atoms with E-state index in [1.807, 2.05) is 6.92 Å². The summed E-state index contributed by atoms with van der Waals surface area (Å²) < 4.78 is 68.5. The Labute approximate surface area is 232 Å². The number of benzene rings is 2. The number of methoxy groups -OCH3 is 1. The monoisotopic (exact) mass is 578 g/mol. The van der Waals surface area contributed by atoms with E-state index in [1.54, 1.807) is 37.3 Å². The molecule has 1 aliphatic heterocycles. The molecule has 0 bridgehead atoms. The normalized spacial score (nSPS) is 22.7. The van der Waals surface area contributed by atoms with Crippen molar-refractivity contribution in [3.05, 3.63) is 54.1 Å². The Hall–Kier alpha value is -2.44. The zero-order valence-corrected chi connectivity index (χ0v) is 24.5. The molecule has 3 atom stereocenters. The second-order valence-electron chi connectivity index (χ2n) is 10.3. The molecule has 1 heterocycles. The zero-order chi connectivity index (χ0) is 28.4. The number of fused-ring (bicyclic) bond motifs is 1. The van der Waals surface area contributed by atoms with Crippen LogP contribution in [0.1, 0.15) is 45.1 Å². The molecule has 0 saturated heterocycles. The van der Waals surface area contributed by atoms with Gasteiger partial charge in [-0.2, -0.15) is 8.61 Å². The maximum Gasteiger partial charge on any atom is 0.247 e. The Morgan fingerprint density at radius 3 is 2.64 bits per heavy atom. The zero-order valence-electron chi connectivity index (χ0n) is 22.9. The van der Waals surface area contributed by atoms with Crippen LogP contribution in [0.15, 0.2) is 58.3 Å². The predicted octanol–water partition coefficient (Wildman–Crippen LogP) is 3.74. The van der Waals surface area contributed by atoms with Crippen LogP contribution in [0.5, 0.6) is 11.5 Å². The van der Waals surface area contributed by atoms with Gasteiger partial charge in [-0.1, -0.05) is 25.1 Å². The van der Waals surface area contributed by atoms with Gasteiger partial charge in [-0.15, -0.1) is 0 Å². The number of aliphatic hydroxyl groups is 1. The number of aliphatic hydroxyl groups excluding tert-OH is 1. The second-order valence-corrected chi connectivity index (χ2v) is 14.2. The predicted molar refractivity (Wildman–Crippen MR) is 150 cm³/mol. The quantitative estimate of drug-likeness (QED) is 0.508. The standard InChI is InChI=1S/C28H38N2O7S2/c1-20-17-30(21(2)19-31)39(34,35)28-14-13-23(22-9-6-5-7-10-22)15-26(28)37-27(20)18-29(3)38(32,33)25-12-8-11-24(16-25)36-4/h8-9,11-16,20-21,27,31H,5-7,10,17-19H2,1-4H3/t20-,21-,27+/m0/s1. The number of sulfonamides is 2. The number of ether oxygens (including phenoxy) is 2. The van der Waals surface area contributed by atoms with Crippen LogP contribution < -0.4 is 9.47 Å². The average molecular weight is 579 g/mol. The molecule has 0 unspecified atom stereocenters. The Morgan fingerprint density at radius 2 is 1.97 bits per heavy atom. The minimum absolute atomic E-state index is 0.00549. The van der Waals surface area contributed by atoms with Gasteiger partial charge in [0.05, 0.1) is 25.2 Å². The van der Waals surface area contributed by atoms with Gasteiger partial charge < -0.3 is 14.6 Å². The SMILES string of the molecule is COc1cccc(S(=O)(=O)N(C)C[C@H]2Oc3cc(C4=CCCCC4)ccc3S(=O)(=O)N([C@@H](C)CO)C[C@@H]2C)c1. The summed E-state index contributed by atoms with van der Waals surface area (Å²) in [5, 5.41) is 9.87. The Morgan fingerprint density at radius 1 is 1.21 bits per heavy atom. The highest BCUT2D eigenvalue weighted by Crippen LogP contribution is 2.37. The maximum absolute atomic E-state index is 13.7. The molecule has 0 amide bonds. The van der Waals surface area contributed by atoms with Crippen molar-refractivity contribution in [2.24, 2.45) is 5.92 Å². The van der Waals surface area contributed by atoms with Crippen LogP contribution in [0.4, 0.5) is 0 Å². The van der Waals surface area contributed by atoms with Gasteiger partial charge in [-0.3, -0.25) is 0 Å². The number of allylic oxidation sites excluding steroid dienone is 2. The molecule has 2 aliphatic rings. The van der Waals surface area contributed by atoms with Gasteiger partial charge in [0.15, 0.2) is 0 Å². The van der Waals surface area contributed by atoms with Crippen molar-refractivity contribution < 1.29 is 31.4 Å². The minimum Gasteiger partial charge on any atom is -0.497 e. The first kappa shape index (κ1) is 29.5. The van der Waals surface area contributed by atoms with E-state index in [4.69, 9.17) is 9.47 Å². The lowest BCUT2D eigenvalue weighted by Gasteiger charge is -2.37. The van der Waals surface area contributed by atoms with E-state index in [2.05, 4.69) is 6.08 Å². The van der Waals surface area contributed by atoms with Crippen molar-refractivity contribution in [2.75, 3.05) is 33.9 Å². The lowest BCUT2D eigenvalue weighted by atomic mass is 9.93. The van der Waals surface area contributed by atoms with Gasteiger partial charge in [0, 0.05) is 31.6 Å². The first-order chi connectivity index (χ1) is 18.5. The molecule has 1 aliphatic carbocycles. The topological polar surface area (TPSA) is 113 Å². The Kier molecular flexibility index (Phi) is 9.07. The number of hydrogen-bond acceptors (Lipinski definition) is 7. The smallest absolute Gasteiger partial charge is 0.247 e. The molecule has 4 rings (SSSR count). The third kappa shape index (κ3) is 6.17.